The van der Waals surface area contributed by atoms with Crippen molar-refractivity contribution in [3.8, 4) is 11.5 Å². The Hall–Kier alpha value is -3.32. The van der Waals surface area contributed by atoms with Crippen LogP contribution in [0.3, 0.4) is 0 Å². The first-order valence-corrected chi connectivity index (χ1v) is 12.0. The summed E-state index contributed by atoms with van der Waals surface area (Å²) < 4.78 is 5.50. The van der Waals surface area contributed by atoms with E-state index in [2.05, 4.69) is 25.7 Å². The number of aromatic hydroxyl groups is 1. The largest absolute Gasteiger partial charge is 0.508 e. The first kappa shape index (κ1) is 26.3. The second-order valence-electron chi connectivity index (χ2n) is 9.78. The monoisotopic (exact) mass is 480 g/mol. The maximum absolute atomic E-state index is 13.3. The lowest BCUT2D eigenvalue weighted by Gasteiger charge is -2.28. The number of benzene rings is 2. The molecule has 0 saturated carbocycles. The summed E-state index contributed by atoms with van der Waals surface area (Å²) in [5, 5.41) is 21.3. The van der Waals surface area contributed by atoms with Gasteiger partial charge in [-0.15, -0.1) is 0 Å². The number of aliphatic hydroxyl groups is 1. The summed E-state index contributed by atoms with van der Waals surface area (Å²) in [5.74, 6) is -1.16. The van der Waals surface area contributed by atoms with Crippen molar-refractivity contribution in [2.75, 3.05) is 33.3 Å². The van der Waals surface area contributed by atoms with Gasteiger partial charge in [-0.2, -0.15) is 0 Å². The maximum Gasteiger partial charge on any atom is 0.295 e. The maximum atomic E-state index is 13.3. The molecule has 1 aliphatic rings. The fourth-order valence-corrected chi connectivity index (χ4v) is 4.41. The number of carbonyl (C=O) groups is 2. The molecule has 1 unspecified atom stereocenters. The summed E-state index contributed by atoms with van der Waals surface area (Å²) in [6, 6.07) is 11.1. The molecule has 0 radical (unpaired) electrons. The van der Waals surface area contributed by atoms with Crippen LogP contribution in [-0.4, -0.2) is 65.0 Å². The Morgan fingerprint density at radius 1 is 1.06 bits per heavy atom. The van der Waals surface area contributed by atoms with Crippen LogP contribution in [0.5, 0.6) is 11.5 Å². The van der Waals surface area contributed by atoms with Gasteiger partial charge in [-0.25, -0.2) is 0 Å². The highest BCUT2D eigenvalue weighted by Gasteiger charge is 2.46. The number of likely N-dealkylation sites (N-methyl/N-ethyl adjacent to an activating group) is 1. The fourth-order valence-electron chi connectivity index (χ4n) is 4.41. The van der Waals surface area contributed by atoms with Crippen LogP contribution in [0, 0.1) is 0 Å². The number of likely N-dealkylation sites (tertiary alicyclic amines) is 1. The highest BCUT2D eigenvalue weighted by Crippen LogP contribution is 2.42. The lowest BCUT2D eigenvalue weighted by Crippen LogP contribution is -2.38. The molecule has 0 spiro atoms. The van der Waals surface area contributed by atoms with E-state index in [0.29, 0.717) is 30.0 Å². The first-order chi connectivity index (χ1) is 16.5. The standard InChI is InChI=1S/C28H36N2O5/c1-7-29(8-2)15-16-30-24(18-9-12-20(31)13-10-18)23(26(33)27(30)34)25(32)21-17-19(28(3,4)5)11-14-22(21)35-6/h9-14,17,24,31-32H,7-8,15-16H2,1-6H3/b25-23+. The summed E-state index contributed by atoms with van der Waals surface area (Å²) in [7, 11) is 1.50. The molecule has 2 aromatic rings. The fraction of sp³-hybridized carbons (Fsp3) is 0.429. The number of rotatable bonds is 8. The minimum absolute atomic E-state index is 0.0181. The molecule has 1 fully saturated rings. The van der Waals surface area contributed by atoms with Crippen molar-refractivity contribution < 1.29 is 24.5 Å². The van der Waals surface area contributed by atoms with Crippen molar-refractivity contribution in [1.29, 1.82) is 0 Å². The highest BCUT2D eigenvalue weighted by molar-refractivity contribution is 6.46. The third-order valence-electron chi connectivity index (χ3n) is 6.62. The van der Waals surface area contributed by atoms with Crippen molar-refractivity contribution in [1.82, 2.24) is 9.80 Å². The van der Waals surface area contributed by atoms with E-state index in [0.717, 1.165) is 18.7 Å². The van der Waals surface area contributed by atoms with E-state index in [1.54, 1.807) is 18.2 Å². The average Bonchev–Trinajstić information content (AvgIpc) is 3.08. The Labute approximate surface area is 207 Å². The zero-order valence-corrected chi connectivity index (χ0v) is 21.5. The van der Waals surface area contributed by atoms with E-state index in [1.165, 1.54) is 24.1 Å². The molecule has 2 N–H and O–H groups in total. The van der Waals surface area contributed by atoms with Crippen molar-refractivity contribution >= 4 is 17.4 Å². The number of Topliss-reactive ketones (excluding diaryl/α,β-unsaturated/α-hetero) is 1. The highest BCUT2D eigenvalue weighted by atomic mass is 16.5. The minimum atomic E-state index is -0.783. The lowest BCUT2D eigenvalue weighted by molar-refractivity contribution is -0.140. The van der Waals surface area contributed by atoms with Crippen LogP contribution in [0.25, 0.3) is 5.76 Å². The quantitative estimate of drug-likeness (QED) is 0.329. The Kier molecular flexibility index (Phi) is 7.90. The van der Waals surface area contributed by atoms with E-state index in [-0.39, 0.29) is 22.5 Å². The Morgan fingerprint density at radius 2 is 1.69 bits per heavy atom. The van der Waals surface area contributed by atoms with Gasteiger partial charge in [0, 0.05) is 13.1 Å². The summed E-state index contributed by atoms with van der Waals surface area (Å²) in [6.45, 7) is 12.8. The van der Waals surface area contributed by atoms with E-state index in [9.17, 15) is 19.8 Å². The van der Waals surface area contributed by atoms with E-state index in [4.69, 9.17) is 4.74 Å². The number of ether oxygens (including phenoxy) is 1. The summed E-state index contributed by atoms with van der Waals surface area (Å²) >= 11 is 0. The topological polar surface area (TPSA) is 90.3 Å². The smallest absolute Gasteiger partial charge is 0.295 e. The van der Waals surface area contributed by atoms with Gasteiger partial charge >= 0.3 is 0 Å². The third kappa shape index (κ3) is 5.35. The average molecular weight is 481 g/mol. The van der Waals surface area contributed by atoms with Crippen LogP contribution in [0.4, 0.5) is 0 Å². The second kappa shape index (κ2) is 10.5. The van der Waals surface area contributed by atoms with Gasteiger partial charge in [-0.05, 0) is 53.9 Å². The number of phenolic OH excluding ortho intramolecular Hbond substituents is 1. The van der Waals surface area contributed by atoms with E-state index in [1.807, 2.05) is 26.0 Å². The van der Waals surface area contributed by atoms with Crippen LogP contribution in [0.15, 0.2) is 48.0 Å². The molecule has 3 rings (SSSR count). The Morgan fingerprint density at radius 3 is 2.23 bits per heavy atom. The number of amides is 1. The molecule has 1 atom stereocenters. The molecule has 0 aromatic heterocycles. The zero-order valence-electron chi connectivity index (χ0n) is 21.5. The van der Waals surface area contributed by atoms with Crippen molar-refractivity contribution in [2.45, 2.75) is 46.1 Å². The molecule has 188 valence electrons. The lowest BCUT2D eigenvalue weighted by atomic mass is 9.85. The summed E-state index contributed by atoms with van der Waals surface area (Å²) in [5.41, 5.74) is 1.77. The van der Waals surface area contributed by atoms with Crippen LogP contribution in [0.1, 0.15) is 57.4 Å². The molecule has 1 heterocycles. The molecule has 7 nitrogen and oxygen atoms in total. The number of phenols is 1. The number of methoxy groups -OCH3 is 1. The third-order valence-corrected chi connectivity index (χ3v) is 6.62. The van der Waals surface area contributed by atoms with E-state index < -0.39 is 17.7 Å². The SMILES string of the molecule is CCN(CC)CCN1C(=O)C(=O)/C(=C(/O)c2cc(C(C)(C)C)ccc2OC)C1c1ccc(O)cc1. The van der Waals surface area contributed by atoms with Gasteiger partial charge in [-0.3, -0.25) is 9.59 Å². The van der Waals surface area contributed by atoms with Crippen LogP contribution < -0.4 is 4.74 Å². The van der Waals surface area contributed by atoms with Crippen LogP contribution in [0.2, 0.25) is 0 Å². The molecule has 35 heavy (non-hydrogen) atoms. The van der Waals surface area contributed by atoms with Crippen LogP contribution >= 0.6 is 0 Å². The zero-order chi connectivity index (χ0) is 25.9. The number of hydrogen-bond acceptors (Lipinski definition) is 6. The number of aliphatic hydroxyl groups excluding tert-OH is 1. The Balaban J connectivity index is 2.20. The van der Waals surface area contributed by atoms with Gasteiger partial charge in [0.1, 0.15) is 17.3 Å². The Bertz CT molecular complexity index is 1110. The molecule has 1 saturated heterocycles. The van der Waals surface area contributed by atoms with Gasteiger partial charge in [0.15, 0.2) is 0 Å². The number of ketones is 1. The number of nitrogens with zero attached hydrogens (tertiary/aromatic N) is 2. The number of carbonyl (C=O) groups excluding carboxylic acids is 2. The van der Waals surface area contributed by atoms with Gasteiger partial charge in [0.2, 0.25) is 0 Å². The predicted molar refractivity (Wildman–Crippen MR) is 137 cm³/mol. The molecule has 0 aliphatic carbocycles. The van der Waals surface area contributed by atoms with Gasteiger partial charge in [-0.1, -0.05) is 52.8 Å². The first-order valence-electron chi connectivity index (χ1n) is 12.0. The molecule has 1 amide bonds. The second-order valence-corrected chi connectivity index (χ2v) is 9.78. The van der Waals surface area contributed by atoms with Gasteiger partial charge in [0.25, 0.3) is 11.7 Å². The van der Waals surface area contributed by atoms with Crippen molar-refractivity contribution in [3.05, 3.63) is 64.7 Å². The molecule has 0 bridgehead atoms. The van der Waals surface area contributed by atoms with Crippen molar-refractivity contribution in [3.63, 3.8) is 0 Å². The summed E-state index contributed by atoms with van der Waals surface area (Å²) in [6.07, 6.45) is 0. The minimum Gasteiger partial charge on any atom is -0.508 e. The molecule has 2 aromatic carbocycles. The molecular formula is C28H36N2O5. The normalized spacial score (nSPS) is 17.9. The van der Waals surface area contributed by atoms with Gasteiger partial charge in [0.05, 0.1) is 24.3 Å². The molecule has 7 heteroatoms. The van der Waals surface area contributed by atoms with E-state index >= 15 is 0 Å². The van der Waals surface area contributed by atoms with Crippen LogP contribution in [-0.2, 0) is 15.0 Å². The number of hydrogen-bond donors (Lipinski definition) is 2. The molecule has 1 aliphatic heterocycles. The molecular weight excluding hydrogens is 444 g/mol. The van der Waals surface area contributed by atoms with Crippen molar-refractivity contribution in [2.24, 2.45) is 0 Å². The van der Waals surface area contributed by atoms with Gasteiger partial charge < -0.3 is 24.7 Å². The summed E-state index contributed by atoms with van der Waals surface area (Å²) in [4.78, 5) is 30.2. The predicted octanol–water partition coefficient (Wildman–Crippen LogP) is 4.46.